The Morgan fingerprint density at radius 1 is 1.21 bits per heavy atom. The zero-order valence-corrected chi connectivity index (χ0v) is 21.5. The van der Waals surface area contributed by atoms with Gasteiger partial charge in [0.1, 0.15) is 12.4 Å². The van der Waals surface area contributed by atoms with Crippen LogP contribution in [0.15, 0.2) is 61.1 Å². The van der Waals surface area contributed by atoms with Crippen molar-refractivity contribution in [1.82, 2.24) is 19.7 Å². The van der Waals surface area contributed by atoms with E-state index in [2.05, 4.69) is 26.5 Å². The number of nitrogens with one attached hydrogen (secondary N) is 2. The van der Waals surface area contributed by atoms with Gasteiger partial charge in [0.15, 0.2) is 11.5 Å². The number of ether oxygens (including phenoxy) is 2. The van der Waals surface area contributed by atoms with E-state index >= 15 is 0 Å². The number of imidazole rings is 1. The number of fused-ring (bicyclic) bond motifs is 1. The molecule has 202 valence electrons. The van der Waals surface area contributed by atoms with Crippen molar-refractivity contribution >= 4 is 29.5 Å². The summed E-state index contributed by atoms with van der Waals surface area (Å²) in [6, 6.07) is 13.2. The van der Waals surface area contributed by atoms with E-state index in [1.807, 2.05) is 53.9 Å². The minimum atomic E-state index is -0.250. The van der Waals surface area contributed by atoms with E-state index in [9.17, 15) is 4.79 Å². The molecule has 0 aliphatic carbocycles. The van der Waals surface area contributed by atoms with Crippen LogP contribution in [0.25, 0.3) is 16.9 Å². The van der Waals surface area contributed by atoms with E-state index in [-0.39, 0.29) is 19.0 Å². The van der Waals surface area contributed by atoms with Crippen LogP contribution in [-0.4, -0.2) is 64.8 Å². The van der Waals surface area contributed by atoms with Crippen molar-refractivity contribution in [2.75, 3.05) is 38.2 Å². The number of benzene rings is 2. The van der Waals surface area contributed by atoms with Crippen LogP contribution in [-0.2, 0) is 9.53 Å². The highest BCUT2D eigenvalue weighted by molar-refractivity contribution is 5.96. The second-order valence-corrected chi connectivity index (χ2v) is 8.05. The highest BCUT2D eigenvalue weighted by atomic mass is 16.5. The number of carboxylic acid groups (broad SMARTS) is 1. The molecular formula is C28H30N6O5. The summed E-state index contributed by atoms with van der Waals surface area (Å²) in [5, 5.41) is 13.1. The highest BCUT2D eigenvalue weighted by Crippen LogP contribution is 2.27. The molecule has 11 heteroatoms. The summed E-state index contributed by atoms with van der Waals surface area (Å²) in [6.07, 6.45) is 10.6. The second kappa shape index (κ2) is 14.7. The Morgan fingerprint density at radius 2 is 1.97 bits per heavy atom. The molecule has 2 aromatic heterocycles. The van der Waals surface area contributed by atoms with Crippen LogP contribution in [0.3, 0.4) is 0 Å². The molecule has 1 amide bonds. The molecule has 0 bridgehead atoms. The molecule has 0 aliphatic heterocycles. The van der Waals surface area contributed by atoms with E-state index < -0.39 is 0 Å². The number of aryl methyl sites for hydroxylation is 1. The summed E-state index contributed by atoms with van der Waals surface area (Å²) in [4.78, 5) is 29.9. The first-order chi connectivity index (χ1) is 19.0. The number of aromatic nitrogens is 3. The molecule has 4 aromatic rings. The van der Waals surface area contributed by atoms with Gasteiger partial charge in [-0.25, -0.2) is 9.97 Å². The van der Waals surface area contributed by atoms with Crippen molar-refractivity contribution in [2.24, 2.45) is 5.73 Å². The zero-order chi connectivity index (χ0) is 28.0. The van der Waals surface area contributed by atoms with E-state index in [0.29, 0.717) is 49.1 Å². The van der Waals surface area contributed by atoms with Gasteiger partial charge in [-0.3, -0.25) is 14.0 Å². The number of hydrogen-bond donors (Lipinski definition) is 4. The van der Waals surface area contributed by atoms with Gasteiger partial charge in [0.25, 0.3) is 12.4 Å². The van der Waals surface area contributed by atoms with E-state index in [1.54, 1.807) is 18.5 Å². The lowest BCUT2D eigenvalue weighted by Gasteiger charge is -2.12. The predicted molar refractivity (Wildman–Crippen MR) is 148 cm³/mol. The van der Waals surface area contributed by atoms with Crippen LogP contribution in [0, 0.1) is 19.3 Å². The fraction of sp³-hybridized carbons (Fsp3) is 0.214. The van der Waals surface area contributed by atoms with Crippen molar-refractivity contribution < 1.29 is 24.2 Å². The van der Waals surface area contributed by atoms with Crippen LogP contribution >= 0.6 is 0 Å². The third-order valence-corrected chi connectivity index (χ3v) is 5.43. The maximum absolute atomic E-state index is 12.5. The Bertz CT molecular complexity index is 1430. The number of nitrogens with zero attached hydrogens (tertiary/aromatic N) is 3. The normalized spacial score (nSPS) is 10.2. The Labute approximate surface area is 226 Å². The number of terminal acetylenes is 1. The van der Waals surface area contributed by atoms with Crippen LogP contribution in [0.4, 0.5) is 11.5 Å². The van der Waals surface area contributed by atoms with Crippen molar-refractivity contribution in [3.05, 3.63) is 72.2 Å². The zero-order valence-electron chi connectivity index (χ0n) is 21.5. The third-order valence-electron chi connectivity index (χ3n) is 5.43. The molecule has 0 radical (unpaired) electrons. The number of hydrogen-bond acceptors (Lipinski definition) is 8. The molecule has 0 saturated heterocycles. The topological polar surface area (TPSA) is 153 Å². The lowest BCUT2D eigenvalue weighted by molar-refractivity contribution is -0.122. The molecule has 0 fully saturated rings. The minimum Gasteiger partial charge on any atom is -0.483 e. The number of nitrogens with two attached hydrogens (primary N) is 1. The fourth-order valence-corrected chi connectivity index (χ4v) is 3.72. The van der Waals surface area contributed by atoms with Crippen molar-refractivity contribution in [2.45, 2.75) is 6.92 Å². The van der Waals surface area contributed by atoms with Gasteiger partial charge in [-0.15, -0.1) is 6.42 Å². The number of amides is 1. The van der Waals surface area contributed by atoms with Gasteiger partial charge in [0.2, 0.25) is 0 Å². The van der Waals surface area contributed by atoms with Crippen LogP contribution in [0.2, 0.25) is 0 Å². The molecule has 5 N–H and O–H groups in total. The molecule has 2 aromatic carbocycles. The van der Waals surface area contributed by atoms with Crippen LogP contribution in [0.1, 0.15) is 15.9 Å². The summed E-state index contributed by atoms with van der Waals surface area (Å²) >= 11 is 0. The quantitative estimate of drug-likeness (QED) is 0.130. The summed E-state index contributed by atoms with van der Waals surface area (Å²) in [7, 11) is 0. The molecule has 2 heterocycles. The van der Waals surface area contributed by atoms with Crippen molar-refractivity contribution in [3.8, 4) is 29.4 Å². The minimum absolute atomic E-state index is 0.149. The largest absolute Gasteiger partial charge is 0.483 e. The molecule has 0 aliphatic rings. The van der Waals surface area contributed by atoms with Gasteiger partial charge in [0.05, 0.1) is 25.1 Å². The highest BCUT2D eigenvalue weighted by Gasteiger charge is 2.13. The number of rotatable bonds is 11. The van der Waals surface area contributed by atoms with Crippen LogP contribution < -0.4 is 21.1 Å². The van der Waals surface area contributed by atoms with E-state index in [0.717, 1.165) is 22.5 Å². The van der Waals surface area contributed by atoms with Gasteiger partial charge >= 0.3 is 0 Å². The number of carbonyl (C=O) groups excluding carboxylic acids is 1. The molecule has 11 nitrogen and oxygen atoms in total. The molecule has 0 unspecified atom stereocenters. The van der Waals surface area contributed by atoms with Crippen LogP contribution in [0.5, 0.6) is 5.75 Å². The lowest BCUT2D eigenvalue weighted by atomic mass is 10.1. The smallest absolute Gasteiger partial charge is 0.290 e. The molecular weight excluding hydrogens is 500 g/mol. The number of carbonyl (C=O) groups is 2. The lowest BCUT2D eigenvalue weighted by Crippen LogP contribution is -2.28. The Kier molecular flexibility index (Phi) is 10.8. The second-order valence-electron chi connectivity index (χ2n) is 8.05. The number of anilines is 2. The van der Waals surface area contributed by atoms with Gasteiger partial charge in [-0.1, -0.05) is 5.92 Å². The first-order valence-electron chi connectivity index (χ1n) is 12.0. The Hall–Kier alpha value is -4.92. The third kappa shape index (κ3) is 7.78. The van der Waals surface area contributed by atoms with Gasteiger partial charge in [-0.2, -0.15) is 0 Å². The van der Waals surface area contributed by atoms with Gasteiger partial charge in [-0.05, 0) is 55.0 Å². The molecule has 0 atom stereocenters. The SMILES string of the molecule is C#CCOc1ccc(-c2cnc3c(Nc4ccc(C(=O)NCCOCCN)c(C)c4)nccn23)cc1.O=CO. The summed E-state index contributed by atoms with van der Waals surface area (Å²) in [5.74, 6) is 3.62. The molecule has 0 saturated carbocycles. The summed E-state index contributed by atoms with van der Waals surface area (Å²) in [5.41, 5.74) is 10.2. The molecule has 4 rings (SSSR count). The molecule has 0 spiro atoms. The molecule has 39 heavy (non-hydrogen) atoms. The Balaban J connectivity index is 0.00000134. The fourth-order valence-electron chi connectivity index (χ4n) is 3.72. The summed E-state index contributed by atoms with van der Waals surface area (Å²) < 4.78 is 12.7. The average Bonchev–Trinajstić information content (AvgIpc) is 3.38. The standard InChI is InChI=1S/C27H28N6O3.CH2O2/c1-3-14-36-22-7-4-20(5-8-22)24-18-31-26-25(29-11-13-33(24)26)32-21-6-9-23(19(2)17-21)27(34)30-12-16-35-15-10-28;2-1-3/h1,4-9,11,13,17-18H,10,12,14-16,28H2,2H3,(H,29,32)(H,30,34);1H,(H,2,3). The first-order valence-corrected chi connectivity index (χ1v) is 12.0. The maximum Gasteiger partial charge on any atom is 0.290 e. The van der Waals surface area contributed by atoms with Crippen molar-refractivity contribution in [1.29, 1.82) is 0 Å². The van der Waals surface area contributed by atoms with Gasteiger partial charge < -0.3 is 30.9 Å². The van der Waals surface area contributed by atoms with Gasteiger partial charge in [0, 0.05) is 42.3 Å². The monoisotopic (exact) mass is 530 g/mol. The van der Waals surface area contributed by atoms with E-state index in [1.165, 1.54) is 0 Å². The summed E-state index contributed by atoms with van der Waals surface area (Å²) in [6.45, 7) is 3.65. The van der Waals surface area contributed by atoms with Crippen molar-refractivity contribution in [3.63, 3.8) is 0 Å². The predicted octanol–water partition coefficient (Wildman–Crippen LogP) is 2.87. The maximum atomic E-state index is 12.5. The average molecular weight is 531 g/mol. The Morgan fingerprint density at radius 3 is 2.67 bits per heavy atom. The van der Waals surface area contributed by atoms with E-state index in [4.69, 9.17) is 31.5 Å². The first kappa shape index (κ1) is 28.6.